The van der Waals surface area contributed by atoms with Crippen LogP contribution in [0.4, 0.5) is 11.4 Å². The molecule has 10 heteroatoms. The molecule has 0 unspecified atom stereocenters. The maximum Gasteiger partial charge on any atom is 0.258 e. The summed E-state index contributed by atoms with van der Waals surface area (Å²) >= 11 is 12.4. The molecule has 0 aliphatic carbocycles. The Morgan fingerprint density at radius 1 is 0.897 bits per heavy atom. The second kappa shape index (κ2) is 8.28. The fourth-order valence-corrected chi connectivity index (χ4v) is 3.61. The van der Waals surface area contributed by atoms with Crippen molar-refractivity contribution in [2.75, 3.05) is 16.9 Å². The number of nitrogens with one attached hydrogen (secondary N) is 2. The van der Waals surface area contributed by atoms with E-state index in [0.717, 1.165) is 6.26 Å². The number of amides is 2. The predicted octanol–water partition coefficient (Wildman–Crippen LogP) is 4.49. The van der Waals surface area contributed by atoms with Gasteiger partial charge in [-0.25, -0.2) is 8.42 Å². The van der Waals surface area contributed by atoms with Gasteiger partial charge in [0.05, 0.1) is 32.5 Å². The number of halogens is 2. The largest absolute Gasteiger partial charge is 0.472 e. The van der Waals surface area contributed by atoms with E-state index in [1.165, 1.54) is 55.0 Å². The summed E-state index contributed by atoms with van der Waals surface area (Å²) in [6, 6.07) is 9.81. The molecule has 29 heavy (non-hydrogen) atoms. The molecule has 2 aromatic carbocycles. The first-order chi connectivity index (χ1) is 13.6. The molecule has 0 aliphatic heterocycles. The Labute approximate surface area is 176 Å². The van der Waals surface area contributed by atoms with Crippen LogP contribution >= 0.6 is 23.2 Å². The predicted molar refractivity (Wildman–Crippen MR) is 111 cm³/mol. The van der Waals surface area contributed by atoms with Crippen molar-refractivity contribution in [3.8, 4) is 0 Å². The van der Waals surface area contributed by atoms with Gasteiger partial charge >= 0.3 is 0 Å². The van der Waals surface area contributed by atoms with Crippen LogP contribution in [-0.2, 0) is 9.84 Å². The molecule has 2 N–H and O–H groups in total. The van der Waals surface area contributed by atoms with Crippen molar-refractivity contribution < 1.29 is 22.4 Å². The smallest absolute Gasteiger partial charge is 0.258 e. The van der Waals surface area contributed by atoms with E-state index in [2.05, 4.69) is 10.6 Å². The Morgan fingerprint density at radius 3 is 2.00 bits per heavy atom. The van der Waals surface area contributed by atoms with Crippen molar-refractivity contribution in [2.45, 2.75) is 4.90 Å². The van der Waals surface area contributed by atoms with Gasteiger partial charge in [-0.05, 0) is 42.5 Å². The molecule has 150 valence electrons. The van der Waals surface area contributed by atoms with Crippen LogP contribution in [-0.4, -0.2) is 26.5 Å². The molecule has 7 nitrogen and oxygen atoms in total. The standard InChI is InChI=1S/C19H14Cl2N2O5S/c1-29(26,27)14-4-2-11(3-5-14)18(24)23-17-15(20)8-13(9-16(17)21)22-19(25)12-6-7-28-10-12/h2-10H,1H3,(H,22,25)(H,23,24). The van der Waals surface area contributed by atoms with Crippen LogP contribution in [0.25, 0.3) is 0 Å². The third-order valence-electron chi connectivity index (χ3n) is 3.87. The number of benzene rings is 2. The molecule has 1 aromatic heterocycles. The summed E-state index contributed by atoms with van der Waals surface area (Å²) in [6.07, 6.45) is 3.74. The van der Waals surface area contributed by atoms with E-state index in [4.69, 9.17) is 27.6 Å². The molecule has 3 rings (SSSR count). The van der Waals surface area contributed by atoms with Gasteiger partial charge in [-0.3, -0.25) is 9.59 Å². The number of sulfone groups is 1. The first-order valence-corrected chi connectivity index (χ1v) is 10.7. The lowest BCUT2D eigenvalue weighted by Crippen LogP contribution is -2.14. The minimum atomic E-state index is -3.36. The molecule has 3 aromatic rings. The summed E-state index contributed by atoms with van der Waals surface area (Å²) in [5, 5.41) is 5.43. The first-order valence-electron chi connectivity index (χ1n) is 8.09. The van der Waals surface area contributed by atoms with E-state index in [0.29, 0.717) is 11.3 Å². The molecule has 0 atom stereocenters. The Bertz CT molecular complexity index is 1150. The monoisotopic (exact) mass is 452 g/mol. The van der Waals surface area contributed by atoms with Crippen LogP contribution < -0.4 is 10.6 Å². The molecule has 0 fully saturated rings. The molecule has 0 spiro atoms. The maximum atomic E-state index is 12.4. The van der Waals surface area contributed by atoms with Crippen molar-refractivity contribution >= 4 is 56.2 Å². The average molecular weight is 453 g/mol. The number of carbonyl (C=O) groups excluding carboxylic acids is 2. The van der Waals surface area contributed by atoms with Crippen LogP contribution in [0.1, 0.15) is 20.7 Å². The molecular formula is C19H14Cl2N2O5S. The van der Waals surface area contributed by atoms with Gasteiger partial charge in [-0.15, -0.1) is 0 Å². The molecule has 0 bridgehead atoms. The zero-order valence-electron chi connectivity index (χ0n) is 14.9. The number of rotatable bonds is 5. The van der Waals surface area contributed by atoms with Crippen molar-refractivity contribution in [3.63, 3.8) is 0 Å². The summed E-state index contributed by atoms with van der Waals surface area (Å²) in [4.78, 5) is 24.6. The summed E-state index contributed by atoms with van der Waals surface area (Å²) in [7, 11) is -3.36. The molecule has 0 saturated carbocycles. The fourth-order valence-electron chi connectivity index (χ4n) is 2.40. The van der Waals surface area contributed by atoms with Gasteiger partial charge in [0.2, 0.25) is 0 Å². The summed E-state index contributed by atoms with van der Waals surface area (Å²) in [6.45, 7) is 0. The topological polar surface area (TPSA) is 105 Å². The number of hydrogen-bond acceptors (Lipinski definition) is 5. The van der Waals surface area contributed by atoms with Crippen LogP contribution in [0, 0.1) is 0 Å². The zero-order valence-corrected chi connectivity index (χ0v) is 17.2. The van der Waals surface area contributed by atoms with E-state index in [-0.39, 0.29) is 26.2 Å². The maximum absolute atomic E-state index is 12.4. The number of furan rings is 1. The van der Waals surface area contributed by atoms with Crippen LogP contribution in [0.15, 0.2) is 64.3 Å². The second-order valence-corrected chi connectivity index (χ2v) is 8.86. The van der Waals surface area contributed by atoms with Gasteiger partial charge in [0.1, 0.15) is 6.26 Å². The number of hydrogen-bond donors (Lipinski definition) is 2. The number of anilines is 2. The van der Waals surface area contributed by atoms with Crippen LogP contribution in [0.5, 0.6) is 0 Å². The fraction of sp³-hybridized carbons (Fsp3) is 0.0526. The SMILES string of the molecule is CS(=O)(=O)c1ccc(C(=O)Nc2c(Cl)cc(NC(=O)c3ccoc3)cc2Cl)cc1. The highest BCUT2D eigenvalue weighted by Gasteiger charge is 2.16. The Balaban J connectivity index is 1.77. The van der Waals surface area contributed by atoms with Gasteiger partial charge in [-0.2, -0.15) is 0 Å². The lowest BCUT2D eigenvalue weighted by atomic mass is 10.2. The third kappa shape index (κ3) is 4.97. The molecular weight excluding hydrogens is 439 g/mol. The van der Waals surface area contributed by atoms with Gasteiger partial charge in [0.25, 0.3) is 11.8 Å². The summed E-state index contributed by atoms with van der Waals surface area (Å²) < 4.78 is 27.9. The van der Waals surface area contributed by atoms with Crippen LogP contribution in [0.3, 0.4) is 0 Å². The molecule has 0 radical (unpaired) electrons. The number of carbonyl (C=O) groups is 2. The van der Waals surface area contributed by atoms with E-state index in [9.17, 15) is 18.0 Å². The van der Waals surface area contributed by atoms with E-state index in [1.807, 2.05) is 0 Å². The average Bonchev–Trinajstić information content (AvgIpc) is 3.19. The Morgan fingerprint density at radius 2 is 1.48 bits per heavy atom. The lowest BCUT2D eigenvalue weighted by Gasteiger charge is -2.12. The molecule has 2 amide bonds. The summed E-state index contributed by atoms with van der Waals surface area (Å²) in [5.41, 5.74) is 1.04. The molecule has 0 saturated heterocycles. The third-order valence-corrected chi connectivity index (χ3v) is 5.59. The molecule has 1 heterocycles. The lowest BCUT2D eigenvalue weighted by molar-refractivity contribution is 0.101. The minimum Gasteiger partial charge on any atom is -0.472 e. The normalized spacial score (nSPS) is 11.1. The zero-order chi connectivity index (χ0) is 21.2. The van der Waals surface area contributed by atoms with Gasteiger partial charge in [-0.1, -0.05) is 23.2 Å². The second-order valence-electron chi connectivity index (χ2n) is 6.03. The van der Waals surface area contributed by atoms with Crippen LogP contribution in [0.2, 0.25) is 10.0 Å². The van der Waals surface area contributed by atoms with Crippen molar-refractivity contribution in [3.05, 3.63) is 76.2 Å². The van der Waals surface area contributed by atoms with Crippen molar-refractivity contribution in [1.29, 1.82) is 0 Å². The van der Waals surface area contributed by atoms with Gasteiger partial charge in [0.15, 0.2) is 9.84 Å². The van der Waals surface area contributed by atoms with E-state index < -0.39 is 21.7 Å². The highest BCUT2D eigenvalue weighted by Crippen LogP contribution is 2.34. The highest BCUT2D eigenvalue weighted by molar-refractivity contribution is 7.90. The van der Waals surface area contributed by atoms with E-state index in [1.54, 1.807) is 0 Å². The van der Waals surface area contributed by atoms with Crippen molar-refractivity contribution in [1.82, 2.24) is 0 Å². The first kappa shape index (κ1) is 20.9. The Kier molecular flexibility index (Phi) is 5.97. The summed E-state index contributed by atoms with van der Waals surface area (Å²) in [5.74, 6) is -0.933. The highest BCUT2D eigenvalue weighted by atomic mass is 35.5. The van der Waals surface area contributed by atoms with Gasteiger partial charge < -0.3 is 15.1 Å². The minimum absolute atomic E-state index is 0.0998. The van der Waals surface area contributed by atoms with E-state index >= 15 is 0 Å². The molecule has 0 aliphatic rings. The Hall–Kier alpha value is -2.81. The van der Waals surface area contributed by atoms with Gasteiger partial charge in [0, 0.05) is 17.5 Å². The quantitative estimate of drug-likeness (QED) is 0.592. The van der Waals surface area contributed by atoms with Crippen molar-refractivity contribution in [2.24, 2.45) is 0 Å².